The van der Waals surface area contributed by atoms with Crippen LogP contribution in [0.4, 0.5) is 0 Å². The first kappa shape index (κ1) is 15.1. The van der Waals surface area contributed by atoms with Crippen LogP contribution < -0.4 is 10.5 Å². The summed E-state index contributed by atoms with van der Waals surface area (Å²) < 4.78 is 28.2. The van der Waals surface area contributed by atoms with Crippen LogP contribution in [0, 0.1) is 0 Å². The van der Waals surface area contributed by atoms with E-state index in [1.807, 2.05) is 20.8 Å². The summed E-state index contributed by atoms with van der Waals surface area (Å²) in [6, 6.07) is 0. The van der Waals surface area contributed by atoms with Crippen LogP contribution in [0.3, 0.4) is 0 Å². The summed E-state index contributed by atoms with van der Waals surface area (Å²) in [5.41, 5.74) is 5.56. The first-order chi connectivity index (χ1) is 8.37. The van der Waals surface area contributed by atoms with Crippen molar-refractivity contribution in [2.75, 3.05) is 6.54 Å². The third-order valence-electron chi connectivity index (χ3n) is 3.27. The smallest absolute Gasteiger partial charge is 0.259 e. The zero-order valence-electron chi connectivity index (χ0n) is 11.2. The zero-order chi connectivity index (χ0) is 13.8. The Kier molecular flexibility index (Phi) is 4.89. The van der Waals surface area contributed by atoms with Crippen molar-refractivity contribution in [2.24, 2.45) is 5.73 Å². The minimum atomic E-state index is -3.56. The lowest BCUT2D eigenvalue weighted by Crippen LogP contribution is -2.49. The SMILES string of the molecule is CCn1cnc(S(=O)(=O)NCC(N)(CC)CC)c1. The average molecular weight is 274 g/mol. The first-order valence-electron chi connectivity index (χ1n) is 6.17. The summed E-state index contributed by atoms with van der Waals surface area (Å²) in [4.78, 5) is 3.88. The molecule has 18 heavy (non-hydrogen) atoms. The second kappa shape index (κ2) is 5.81. The molecule has 1 rings (SSSR count). The maximum Gasteiger partial charge on any atom is 0.259 e. The van der Waals surface area contributed by atoms with Crippen molar-refractivity contribution in [3.8, 4) is 0 Å². The van der Waals surface area contributed by atoms with Gasteiger partial charge in [0.15, 0.2) is 5.03 Å². The number of rotatable bonds is 7. The largest absolute Gasteiger partial charge is 0.336 e. The van der Waals surface area contributed by atoms with Crippen molar-refractivity contribution in [1.82, 2.24) is 14.3 Å². The summed E-state index contributed by atoms with van der Waals surface area (Å²) in [7, 11) is -3.56. The maximum atomic E-state index is 12.0. The van der Waals surface area contributed by atoms with E-state index in [1.54, 1.807) is 4.57 Å². The molecule has 0 aromatic carbocycles. The molecule has 0 atom stereocenters. The summed E-state index contributed by atoms with van der Waals surface area (Å²) in [5.74, 6) is 0. The number of imidazole rings is 1. The van der Waals surface area contributed by atoms with Gasteiger partial charge in [0.2, 0.25) is 0 Å². The molecule has 0 radical (unpaired) electrons. The average Bonchev–Trinajstić information content (AvgIpc) is 2.85. The molecule has 0 aliphatic rings. The Labute approximate surface area is 109 Å². The summed E-state index contributed by atoms with van der Waals surface area (Å²) in [5, 5.41) is 0.0407. The van der Waals surface area contributed by atoms with Gasteiger partial charge in [0, 0.05) is 24.8 Å². The number of aryl methyl sites for hydroxylation is 1. The molecule has 0 bridgehead atoms. The summed E-state index contributed by atoms with van der Waals surface area (Å²) in [6.07, 6.45) is 4.45. The molecular formula is C11H22N4O2S. The topological polar surface area (TPSA) is 90.0 Å². The predicted octanol–water partition coefficient (Wildman–Crippen LogP) is 0.699. The maximum absolute atomic E-state index is 12.0. The van der Waals surface area contributed by atoms with E-state index in [1.165, 1.54) is 12.5 Å². The van der Waals surface area contributed by atoms with E-state index in [2.05, 4.69) is 9.71 Å². The zero-order valence-corrected chi connectivity index (χ0v) is 12.0. The number of aromatic nitrogens is 2. The van der Waals surface area contributed by atoms with Crippen molar-refractivity contribution in [3.05, 3.63) is 12.5 Å². The van der Waals surface area contributed by atoms with E-state index in [0.29, 0.717) is 6.54 Å². The minimum Gasteiger partial charge on any atom is -0.336 e. The fourth-order valence-corrected chi connectivity index (χ4v) is 2.55. The second-order valence-electron chi connectivity index (χ2n) is 4.44. The molecule has 0 aliphatic carbocycles. The molecule has 0 fully saturated rings. The molecule has 6 nitrogen and oxygen atoms in total. The number of nitrogens with one attached hydrogen (secondary N) is 1. The van der Waals surface area contributed by atoms with Crippen LogP contribution in [0.25, 0.3) is 0 Å². The quantitative estimate of drug-likeness (QED) is 0.766. The van der Waals surface area contributed by atoms with Gasteiger partial charge in [-0.05, 0) is 19.8 Å². The van der Waals surface area contributed by atoms with Crippen molar-refractivity contribution in [1.29, 1.82) is 0 Å². The highest BCUT2D eigenvalue weighted by Gasteiger charge is 2.25. The highest BCUT2D eigenvalue weighted by atomic mass is 32.2. The molecule has 3 N–H and O–H groups in total. The molecule has 1 aromatic rings. The van der Waals surface area contributed by atoms with Gasteiger partial charge >= 0.3 is 0 Å². The van der Waals surface area contributed by atoms with Gasteiger partial charge in [-0.2, -0.15) is 0 Å². The lowest BCUT2D eigenvalue weighted by molar-refractivity contribution is 0.391. The van der Waals surface area contributed by atoms with Crippen LogP contribution in [-0.2, 0) is 16.6 Å². The van der Waals surface area contributed by atoms with Crippen molar-refractivity contribution < 1.29 is 8.42 Å². The molecular weight excluding hydrogens is 252 g/mol. The van der Waals surface area contributed by atoms with Crippen LogP contribution in [0.15, 0.2) is 17.6 Å². The molecule has 0 amide bonds. The Morgan fingerprint density at radius 2 is 2.00 bits per heavy atom. The molecule has 1 aromatic heterocycles. The van der Waals surface area contributed by atoms with Gasteiger partial charge in [-0.1, -0.05) is 13.8 Å². The Bertz CT molecular complexity index is 477. The van der Waals surface area contributed by atoms with Crippen LogP contribution >= 0.6 is 0 Å². The third-order valence-corrected chi connectivity index (χ3v) is 4.56. The van der Waals surface area contributed by atoms with E-state index in [4.69, 9.17) is 5.73 Å². The fourth-order valence-electron chi connectivity index (χ4n) is 1.46. The molecule has 0 saturated heterocycles. The van der Waals surface area contributed by atoms with Crippen molar-refractivity contribution in [2.45, 2.75) is 50.7 Å². The number of nitrogens with two attached hydrogens (primary N) is 1. The number of sulfonamides is 1. The standard InChI is InChI=1S/C11H22N4O2S/c1-4-11(12,5-2)8-14-18(16,17)10-7-15(6-3)9-13-10/h7,9,14H,4-6,8,12H2,1-3H3. The third kappa shape index (κ3) is 3.54. The Morgan fingerprint density at radius 3 is 2.44 bits per heavy atom. The van der Waals surface area contributed by atoms with Gasteiger partial charge in [-0.25, -0.2) is 18.1 Å². The Hall–Kier alpha value is -0.920. The lowest BCUT2D eigenvalue weighted by atomic mass is 9.95. The van der Waals surface area contributed by atoms with Gasteiger partial charge in [-0.15, -0.1) is 0 Å². The normalized spacial score (nSPS) is 12.9. The van der Waals surface area contributed by atoms with Crippen LogP contribution in [0.1, 0.15) is 33.6 Å². The van der Waals surface area contributed by atoms with E-state index in [-0.39, 0.29) is 11.6 Å². The Morgan fingerprint density at radius 1 is 1.39 bits per heavy atom. The van der Waals surface area contributed by atoms with Crippen molar-refractivity contribution >= 4 is 10.0 Å². The molecule has 0 unspecified atom stereocenters. The van der Waals surface area contributed by atoms with Gasteiger partial charge in [0.1, 0.15) is 0 Å². The molecule has 7 heteroatoms. The van der Waals surface area contributed by atoms with Crippen molar-refractivity contribution in [3.63, 3.8) is 0 Å². The van der Waals surface area contributed by atoms with Gasteiger partial charge in [-0.3, -0.25) is 0 Å². The highest BCUT2D eigenvalue weighted by molar-refractivity contribution is 7.89. The Balaban J connectivity index is 2.77. The van der Waals surface area contributed by atoms with E-state index < -0.39 is 15.6 Å². The first-order valence-corrected chi connectivity index (χ1v) is 7.65. The fraction of sp³-hybridized carbons (Fsp3) is 0.727. The van der Waals surface area contributed by atoms with Crippen LogP contribution in [0.2, 0.25) is 0 Å². The van der Waals surface area contributed by atoms with E-state index in [0.717, 1.165) is 12.8 Å². The summed E-state index contributed by atoms with van der Waals surface area (Å²) in [6.45, 7) is 6.73. The predicted molar refractivity (Wildman–Crippen MR) is 70.6 cm³/mol. The number of hydrogen-bond acceptors (Lipinski definition) is 4. The lowest BCUT2D eigenvalue weighted by Gasteiger charge is -2.26. The molecule has 0 spiro atoms. The summed E-state index contributed by atoms with van der Waals surface area (Å²) >= 11 is 0. The van der Waals surface area contributed by atoms with Gasteiger partial charge in [0.25, 0.3) is 10.0 Å². The molecule has 1 heterocycles. The minimum absolute atomic E-state index is 0.0407. The van der Waals surface area contributed by atoms with Gasteiger partial charge < -0.3 is 10.3 Å². The van der Waals surface area contributed by atoms with Gasteiger partial charge in [0.05, 0.1) is 6.33 Å². The number of nitrogens with zero attached hydrogens (tertiary/aromatic N) is 2. The molecule has 104 valence electrons. The number of hydrogen-bond donors (Lipinski definition) is 2. The monoisotopic (exact) mass is 274 g/mol. The highest BCUT2D eigenvalue weighted by Crippen LogP contribution is 2.12. The molecule has 0 aliphatic heterocycles. The van der Waals surface area contributed by atoms with E-state index in [9.17, 15) is 8.42 Å². The second-order valence-corrected chi connectivity index (χ2v) is 6.15. The molecule has 0 saturated carbocycles. The van der Waals surface area contributed by atoms with Crippen LogP contribution in [0.5, 0.6) is 0 Å². The van der Waals surface area contributed by atoms with E-state index >= 15 is 0 Å². The van der Waals surface area contributed by atoms with Crippen LogP contribution in [-0.4, -0.2) is 30.1 Å².